The summed E-state index contributed by atoms with van der Waals surface area (Å²) in [5.41, 5.74) is 2.13. The third-order valence-corrected chi connectivity index (χ3v) is 4.21. The van der Waals surface area contributed by atoms with Gasteiger partial charge in [-0.05, 0) is 58.7 Å². The molecule has 4 nitrogen and oxygen atoms in total. The molecule has 0 heterocycles. The number of aryl methyl sites for hydroxylation is 1. The fourth-order valence-electron chi connectivity index (χ4n) is 2.09. The zero-order valence-corrected chi connectivity index (χ0v) is 15.7. The van der Waals surface area contributed by atoms with Crippen molar-refractivity contribution >= 4 is 44.9 Å². The molecule has 0 aliphatic heterocycles. The molecule has 0 fully saturated rings. The Morgan fingerprint density at radius 3 is 2.62 bits per heavy atom. The maximum absolute atomic E-state index is 12.1. The molecule has 1 N–H and O–H groups in total. The average molecular weight is 411 g/mol. The summed E-state index contributed by atoms with van der Waals surface area (Å²) >= 11 is 9.33. The minimum atomic E-state index is -0.315. The Hall–Kier alpha value is -1.85. The van der Waals surface area contributed by atoms with Gasteiger partial charge in [0.05, 0.1) is 11.3 Å². The maximum atomic E-state index is 12.1. The van der Waals surface area contributed by atoms with Crippen LogP contribution in [0.4, 0.5) is 5.69 Å². The highest BCUT2D eigenvalue weighted by molar-refractivity contribution is 9.10. The standard InChI is InChI=1S/C18H17BrClNO3/c1-3-16(22)13-9-12(20)5-7-17(13)24-10-18(23)21-15-6-4-11(2)8-14(15)19/h4-9H,3,10H2,1-2H3,(H,21,23). The monoisotopic (exact) mass is 409 g/mol. The first-order valence-electron chi connectivity index (χ1n) is 7.42. The third kappa shape index (κ3) is 4.82. The molecule has 0 unspecified atom stereocenters. The first-order valence-corrected chi connectivity index (χ1v) is 8.59. The number of rotatable bonds is 6. The molecule has 0 aliphatic rings. The predicted octanol–water partition coefficient (Wildman–Crippen LogP) is 5.02. The third-order valence-electron chi connectivity index (χ3n) is 3.32. The number of Topliss-reactive ketones (excluding diaryl/α,β-unsaturated/α-hetero) is 1. The van der Waals surface area contributed by atoms with Crippen molar-refractivity contribution in [3.8, 4) is 5.75 Å². The van der Waals surface area contributed by atoms with Crippen LogP contribution in [-0.4, -0.2) is 18.3 Å². The number of nitrogens with one attached hydrogen (secondary N) is 1. The molecule has 1 amide bonds. The van der Waals surface area contributed by atoms with Crippen LogP contribution in [0, 0.1) is 6.92 Å². The van der Waals surface area contributed by atoms with Gasteiger partial charge in [-0.15, -0.1) is 0 Å². The Balaban J connectivity index is 2.05. The van der Waals surface area contributed by atoms with Crippen LogP contribution in [-0.2, 0) is 4.79 Å². The molecule has 0 atom stereocenters. The first-order chi connectivity index (χ1) is 11.4. The van der Waals surface area contributed by atoms with Gasteiger partial charge in [-0.3, -0.25) is 9.59 Å². The molecule has 24 heavy (non-hydrogen) atoms. The molecule has 0 saturated heterocycles. The molecular formula is C18H17BrClNO3. The second-order valence-corrected chi connectivity index (χ2v) is 6.53. The van der Waals surface area contributed by atoms with Crippen molar-refractivity contribution in [2.75, 3.05) is 11.9 Å². The van der Waals surface area contributed by atoms with E-state index in [0.29, 0.717) is 28.4 Å². The number of ether oxygens (including phenoxy) is 1. The van der Waals surface area contributed by atoms with E-state index in [1.807, 2.05) is 25.1 Å². The number of ketones is 1. The van der Waals surface area contributed by atoms with Crippen LogP contribution >= 0.6 is 27.5 Å². The van der Waals surface area contributed by atoms with Crippen LogP contribution in [0.1, 0.15) is 29.3 Å². The van der Waals surface area contributed by atoms with Gasteiger partial charge in [-0.1, -0.05) is 24.6 Å². The smallest absolute Gasteiger partial charge is 0.262 e. The van der Waals surface area contributed by atoms with Crippen LogP contribution in [0.5, 0.6) is 5.75 Å². The normalized spacial score (nSPS) is 10.3. The fourth-order valence-corrected chi connectivity index (χ4v) is 2.85. The van der Waals surface area contributed by atoms with E-state index in [4.69, 9.17) is 16.3 Å². The summed E-state index contributed by atoms with van der Waals surface area (Å²) in [6.45, 7) is 3.52. The van der Waals surface area contributed by atoms with E-state index in [0.717, 1.165) is 10.0 Å². The van der Waals surface area contributed by atoms with Gasteiger partial charge >= 0.3 is 0 Å². The number of hydrogen-bond acceptors (Lipinski definition) is 3. The maximum Gasteiger partial charge on any atom is 0.262 e. The summed E-state index contributed by atoms with van der Waals surface area (Å²) in [6, 6.07) is 10.4. The van der Waals surface area contributed by atoms with Gasteiger partial charge in [-0.25, -0.2) is 0 Å². The number of anilines is 1. The molecule has 2 aromatic rings. The lowest BCUT2D eigenvalue weighted by atomic mass is 10.1. The van der Waals surface area contributed by atoms with Gasteiger partial charge in [0.15, 0.2) is 12.4 Å². The summed E-state index contributed by atoms with van der Waals surface area (Å²) in [4.78, 5) is 24.0. The van der Waals surface area contributed by atoms with E-state index < -0.39 is 0 Å². The van der Waals surface area contributed by atoms with Gasteiger partial charge in [-0.2, -0.15) is 0 Å². The molecule has 0 spiro atoms. The van der Waals surface area contributed by atoms with E-state index in [9.17, 15) is 9.59 Å². The number of amides is 1. The average Bonchev–Trinajstić information content (AvgIpc) is 2.55. The number of hydrogen-bond donors (Lipinski definition) is 1. The van der Waals surface area contributed by atoms with E-state index in [2.05, 4.69) is 21.2 Å². The number of halogens is 2. The van der Waals surface area contributed by atoms with Crippen molar-refractivity contribution in [3.63, 3.8) is 0 Å². The minimum absolute atomic E-state index is 0.0887. The summed E-state index contributed by atoms with van der Waals surface area (Å²) in [5, 5.41) is 3.21. The van der Waals surface area contributed by atoms with Crippen molar-refractivity contribution in [1.29, 1.82) is 0 Å². The van der Waals surface area contributed by atoms with Crippen LogP contribution in [0.15, 0.2) is 40.9 Å². The van der Waals surface area contributed by atoms with Crippen molar-refractivity contribution in [2.45, 2.75) is 20.3 Å². The van der Waals surface area contributed by atoms with Gasteiger partial charge in [0.2, 0.25) is 0 Å². The Morgan fingerprint density at radius 1 is 1.21 bits per heavy atom. The summed E-state index contributed by atoms with van der Waals surface area (Å²) in [7, 11) is 0. The van der Waals surface area contributed by atoms with Crippen molar-refractivity contribution in [3.05, 3.63) is 57.0 Å². The van der Waals surface area contributed by atoms with Crippen molar-refractivity contribution in [2.24, 2.45) is 0 Å². The molecule has 0 bridgehead atoms. The second-order valence-electron chi connectivity index (χ2n) is 5.24. The topological polar surface area (TPSA) is 55.4 Å². The highest BCUT2D eigenvalue weighted by Gasteiger charge is 2.13. The van der Waals surface area contributed by atoms with Crippen LogP contribution < -0.4 is 10.1 Å². The molecule has 0 saturated carbocycles. The molecular weight excluding hydrogens is 394 g/mol. The summed E-state index contributed by atoms with van der Waals surface area (Å²) in [6.07, 6.45) is 0.333. The number of benzene rings is 2. The van der Waals surface area contributed by atoms with Gasteiger partial charge in [0, 0.05) is 15.9 Å². The quantitative estimate of drug-likeness (QED) is 0.680. The van der Waals surface area contributed by atoms with Crippen LogP contribution in [0.3, 0.4) is 0 Å². The molecule has 2 aromatic carbocycles. The Bertz CT molecular complexity index is 777. The SMILES string of the molecule is CCC(=O)c1cc(Cl)ccc1OCC(=O)Nc1ccc(C)cc1Br. The van der Waals surface area contributed by atoms with Crippen molar-refractivity contribution in [1.82, 2.24) is 0 Å². The summed E-state index contributed by atoms with van der Waals surface area (Å²) in [5.74, 6) is -0.0528. The van der Waals surface area contributed by atoms with E-state index >= 15 is 0 Å². The largest absolute Gasteiger partial charge is 0.483 e. The minimum Gasteiger partial charge on any atom is -0.483 e. The lowest BCUT2D eigenvalue weighted by Gasteiger charge is -2.12. The van der Waals surface area contributed by atoms with E-state index in [1.54, 1.807) is 25.1 Å². The Morgan fingerprint density at radius 2 is 1.96 bits per heavy atom. The molecule has 6 heteroatoms. The molecule has 126 valence electrons. The lowest BCUT2D eigenvalue weighted by Crippen LogP contribution is -2.21. The van der Waals surface area contributed by atoms with Crippen molar-refractivity contribution < 1.29 is 14.3 Å². The lowest BCUT2D eigenvalue weighted by molar-refractivity contribution is -0.118. The van der Waals surface area contributed by atoms with E-state index in [1.165, 1.54) is 0 Å². The second kappa shape index (κ2) is 8.31. The highest BCUT2D eigenvalue weighted by Crippen LogP contribution is 2.25. The van der Waals surface area contributed by atoms with Gasteiger partial charge in [0.1, 0.15) is 5.75 Å². The van der Waals surface area contributed by atoms with Crippen LogP contribution in [0.2, 0.25) is 5.02 Å². The number of carbonyl (C=O) groups excluding carboxylic acids is 2. The Kier molecular flexibility index (Phi) is 6.40. The van der Waals surface area contributed by atoms with Crippen LogP contribution in [0.25, 0.3) is 0 Å². The predicted molar refractivity (Wildman–Crippen MR) is 99.1 cm³/mol. The zero-order chi connectivity index (χ0) is 17.7. The van der Waals surface area contributed by atoms with Gasteiger partial charge < -0.3 is 10.1 Å². The Labute approximate surface area is 154 Å². The van der Waals surface area contributed by atoms with Gasteiger partial charge in [0.25, 0.3) is 5.91 Å². The molecule has 0 radical (unpaired) electrons. The summed E-state index contributed by atoms with van der Waals surface area (Å²) < 4.78 is 6.30. The zero-order valence-electron chi connectivity index (χ0n) is 13.4. The molecule has 2 rings (SSSR count). The number of carbonyl (C=O) groups is 2. The molecule has 0 aromatic heterocycles. The van der Waals surface area contributed by atoms with E-state index in [-0.39, 0.29) is 18.3 Å². The fraction of sp³-hybridized carbons (Fsp3) is 0.222. The highest BCUT2D eigenvalue weighted by atomic mass is 79.9. The first kappa shape index (κ1) is 18.5. The molecule has 0 aliphatic carbocycles.